The predicted molar refractivity (Wildman–Crippen MR) is 99.7 cm³/mol. The van der Waals surface area contributed by atoms with Crippen molar-refractivity contribution in [2.24, 2.45) is 0 Å². The first-order valence-electron chi connectivity index (χ1n) is 10.4. The molecule has 1 amide bonds. The standard InChI is InChI=1S/C19H33NO5Si/c1-15(21)9-7-12-18(22)20-13-8-14-26-23-16-10-5-3-2-4-6-11-17(24-26)19(16)25-26/h16-17,19H,2-14H2,1H3,(H,20,22). The lowest BCUT2D eigenvalue weighted by molar-refractivity contribution is -0.121. The number of rotatable bonds is 8. The molecule has 1 saturated carbocycles. The first-order valence-corrected chi connectivity index (χ1v) is 12.3. The van der Waals surface area contributed by atoms with E-state index in [-0.39, 0.29) is 30.0 Å². The molecule has 2 heterocycles. The molecule has 2 saturated heterocycles. The quantitative estimate of drug-likeness (QED) is 0.515. The molecule has 7 heteroatoms. The van der Waals surface area contributed by atoms with Crippen LogP contribution in [-0.4, -0.2) is 45.4 Å². The molecule has 1 N–H and O–H groups in total. The number of fused-ring (bicyclic) bond motifs is 1. The highest BCUT2D eigenvalue weighted by atomic mass is 28.4. The van der Waals surface area contributed by atoms with Gasteiger partial charge in [-0.05, 0) is 32.6 Å². The summed E-state index contributed by atoms with van der Waals surface area (Å²) in [5.41, 5.74) is 0. The molecule has 148 valence electrons. The van der Waals surface area contributed by atoms with Gasteiger partial charge >= 0.3 is 8.80 Å². The lowest BCUT2D eigenvalue weighted by Gasteiger charge is -2.31. The molecule has 1 aliphatic carbocycles. The molecule has 2 aliphatic heterocycles. The lowest BCUT2D eigenvalue weighted by Crippen LogP contribution is -2.46. The number of Topliss-reactive ketones (excluding diaryl/α,β-unsaturated/α-hetero) is 1. The third-order valence-corrected chi connectivity index (χ3v) is 8.52. The summed E-state index contributed by atoms with van der Waals surface area (Å²) in [6, 6.07) is 0.782. The zero-order chi connectivity index (χ0) is 18.4. The van der Waals surface area contributed by atoms with Gasteiger partial charge in [0.1, 0.15) is 5.78 Å². The van der Waals surface area contributed by atoms with Crippen LogP contribution in [0.5, 0.6) is 0 Å². The Bertz CT molecular complexity index is 477. The highest BCUT2D eigenvalue weighted by Crippen LogP contribution is 2.44. The number of carbonyl (C=O) groups is 2. The van der Waals surface area contributed by atoms with Crippen LogP contribution in [0.2, 0.25) is 6.04 Å². The van der Waals surface area contributed by atoms with Crippen LogP contribution in [0.1, 0.15) is 77.6 Å². The minimum Gasteiger partial charge on any atom is -0.368 e. The van der Waals surface area contributed by atoms with Gasteiger partial charge in [0.25, 0.3) is 0 Å². The fourth-order valence-electron chi connectivity index (χ4n) is 4.24. The fraction of sp³-hybridized carbons (Fsp3) is 0.895. The van der Waals surface area contributed by atoms with Gasteiger partial charge in [-0.1, -0.05) is 32.1 Å². The van der Waals surface area contributed by atoms with Gasteiger partial charge in [0.2, 0.25) is 5.91 Å². The zero-order valence-electron chi connectivity index (χ0n) is 16.0. The molecule has 6 nitrogen and oxygen atoms in total. The van der Waals surface area contributed by atoms with Crippen LogP contribution in [0.15, 0.2) is 0 Å². The van der Waals surface area contributed by atoms with Crippen LogP contribution in [0.4, 0.5) is 0 Å². The average Bonchev–Trinajstić information content (AvgIpc) is 3.13. The van der Waals surface area contributed by atoms with E-state index in [1.807, 2.05) is 0 Å². The third kappa shape index (κ3) is 5.37. The molecule has 3 aliphatic rings. The van der Waals surface area contributed by atoms with Gasteiger partial charge in [-0.3, -0.25) is 4.79 Å². The van der Waals surface area contributed by atoms with Crippen LogP contribution >= 0.6 is 0 Å². The van der Waals surface area contributed by atoms with Crippen LogP contribution < -0.4 is 5.32 Å². The Kier molecular flexibility index (Phi) is 7.25. The van der Waals surface area contributed by atoms with Crippen molar-refractivity contribution in [2.75, 3.05) is 6.54 Å². The van der Waals surface area contributed by atoms with E-state index in [9.17, 15) is 9.59 Å². The Hall–Kier alpha value is -0.763. The van der Waals surface area contributed by atoms with Gasteiger partial charge in [-0.15, -0.1) is 0 Å². The molecule has 26 heavy (non-hydrogen) atoms. The van der Waals surface area contributed by atoms with Crippen molar-refractivity contribution in [2.45, 2.75) is 102 Å². The van der Waals surface area contributed by atoms with E-state index in [1.54, 1.807) is 6.92 Å². The van der Waals surface area contributed by atoms with Crippen molar-refractivity contribution >= 4 is 20.5 Å². The Morgan fingerprint density at radius 1 is 0.923 bits per heavy atom. The summed E-state index contributed by atoms with van der Waals surface area (Å²) in [5, 5.41) is 2.93. The van der Waals surface area contributed by atoms with Crippen molar-refractivity contribution in [3.63, 3.8) is 0 Å². The van der Waals surface area contributed by atoms with E-state index in [0.717, 1.165) is 25.3 Å². The van der Waals surface area contributed by atoms with Crippen molar-refractivity contribution in [3.8, 4) is 0 Å². The van der Waals surface area contributed by atoms with Crippen molar-refractivity contribution < 1.29 is 22.9 Å². The van der Waals surface area contributed by atoms with Crippen molar-refractivity contribution in [3.05, 3.63) is 0 Å². The van der Waals surface area contributed by atoms with Crippen LogP contribution in [-0.2, 0) is 22.9 Å². The van der Waals surface area contributed by atoms with Gasteiger partial charge in [-0.2, -0.15) is 0 Å². The van der Waals surface area contributed by atoms with Crippen LogP contribution in [0, 0.1) is 0 Å². The Morgan fingerprint density at radius 3 is 2.23 bits per heavy atom. The molecule has 0 spiro atoms. The third-order valence-electron chi connectivity index (χ3n) is 5.60. The van der Waals surface area contributed by atoms with E-state index in [4.69, 9.17) is 13.3 Å². The second-order valence-corrected chi connectivity index (χ2v) is 10.5. The topological polar surface area (TPSA) is 73.9 Å². The number of hydrogen-bond donors (Lipinski definition) is 1. The molecule has 2 bridgehead atoms. The van der Waals surface area contributed by atoms with Crippen molar-refractivity contribution in [1.82, 2.24) is 5.32 Å². The molecule has 0 aromatic rings. The highest BCUT2D eigenvalue weighted by molar-refractivity contribution is 6.62. The number of carbonyl (C=O) groups excluding carboxylic acids is 2. The maximum absolute atomic E-state index is 11.8. The molecule has 3 rings (SSSR count). The predicted octanol–water partition coefficient (Wildman–Crippen LogP) is 3.12. The largest absolute Gasteiger partial charge is 0.502 e. The smallest absolute Gasteiger partial charge is 0.368 e. The molecule has 3 fully saturated rings. The number of amides is 1. The molecule has 2 unspecified atom stereocenters. The monoisotopic (exact) mass is 383 g/mol. The maximum atomic E-state index is 11.8. The van der Waals surface area contributed by atoms with E-state index in [1.165, 1.54) is 32.1 Å². The lowest BCUT2D eigenvalue weighted by atomic mass is 9.95. The zero-order valence-corrected chi connectivity index (χ0v) is 17.0. The first kappa shape index (κ1) is 20.0. The van der Waals surface area contributed by atoms with Crippen LogP contribution in [0.3, 0.4) is 0 Å². The summed E-state index contributed by atoms with van der Waals surface area (Å²) >= 11 is 0. The normalized spacial score (nSPS) is 33.8. The second-order valence-electron chi connectivity index (χ2n) is 7.93. The summed E-state index contributed by atoms with van der Waals surface area (Å²) in [7, 11) is -2.53. The SMILES string of the molecule is CC(=O)CCCC(=O)NCCC[Si]12OC3CCCCCCCC(O1)C3O2. The molecule has 0 aromatic carbocycles. The van der Waals surface area contributed by atoms with Gasteiger partial charge in [-0.25, -0.2) is 0 Å². The minimum atomic E-state index is -2.53. The fourth-order valence-corrected chi connectivity index (χ4v) is 7.52. The van der Waals surface area contributed by atoms with Gasteiger partial charge < -0.3 is 23.4 Å². The number of hydrogen-bond acceptors (Lipinski definition) is 5. The summed E-state index contributed by atoms with van der Waals surface area (Å²) in [4.78, 5) is 22.7. The van der Waals surface area contributed by atoms with Crippen molar-refractivity contribution in [1.29, 1.82) is 0 Å². The first-order chi connectivity index (χ1) is 12.6. The number of nitrogens with one attached hydrogen (secondary N) is 1. The Balaban J connectivity index is 1.39. The van der Waals surface area contributed by atoms with E-state index in [2.05, 4.69) is 5.32 Å². The van der Waals surface area contributed by atoms with E-state index in [0.29, 0.717) is 25.8 Å². The summed E-state index contributed by atoms with van der Waals surface area (Å²) in [6.07, 6.45) is 11.4. The summed E-state index contributed by atoms with van der Waals surface area (Å²) in [5.74, 6) is 0.150. The van der Waals surface area contributed by atoms with Gasteiger partial charge in [0.05, 0.1) is 18.3 Å². The summed E-state index contributed by atoms with van der Waals surface area (Å²) < 4.78 is 18.9. The van der Waals surface area contributed by atoms with E-state index >= 15 is 0 Å². The van der Waals surface area contributed by atoms with E-state index < -0.39 is 8.80 Å². The summed E-state index contributed by atoms with van der Waals surface area (Å²) in [6.45, 7) is 2.17. The molecular formula is C19H33NO5Si. The minimum absolute atomic E-state index is 0.0155. The molecule has 0 aromatic heterocycles. The molecular weight excluding hydrogens is 350 g/mol. The molecule has 0 radical (unpaired) electrons. The number of ketones is 1. The van der Waals surface area contributed by atoms with Crippen LogP contribution in [0.25, 0.3) is 0 Å². The average molecular weight is 384 g/mol. The Morgan fingerprint density at radius 2 is 1.58 bits per heavy atom. The highest BCUT2D eigenvalue weighted by Gasteiger charge is 2.62. The van der Waals surface area contributed by atoms with Gasteiger partial charge in [0, 0.05) is 25.4 Å². The van der Waals surface area contributed by atoms with Gasteiger partial charge in [0.15, 0.2) is 0 Å². The maximum Gasteiger partial charge on any atom is 0.502 e. The Labute approximate surface area is 157 Å². The second kappa shape index (κ2) is 9.44. The molecule has 2 atom stereocenters.